The second-order valence-corrected chi connectivity index (χ2v) is 17.0. The molecule has 0 atom stereocenters. The minimum Gasteiger partial charge on any atom is -0.507 e. The van der Waals surface area contributed by atoms with Crippen LogP contribution in [0.3, 0.4) is 0 Å². The number of aryl methyl sites for hydroxylation is 1. The number of rotatable bonds is 4. The van der Waals surface area contributed by atoms with Crippen LogP contribution in [0.25, 0.3) is 44.8 Å². The molecule has 5 rings (SSSR count). The summed E-state index contributed by atoms with van der Waals surface area (Å²) in [7, 11) is 0.584. The van der Waals surface area contributed by atoms with Gasteiger partial charge in [0.05, 0.1) is 30.4 Å². The highest BCUT2D eigenvalue weighted by molar-refractivity contribution is 6.88. The van der Waals surface area contributed by atoms with Crippen molar-refractivity contribution in [2.24, 2.45) is 7.05 Å². The molecule has 0 saturated heterocycles. The zero-order chi connectivity index (χ0) is 26.5. The van der Waals surface area contributed by atoms with Crippen LogP contribution in [-0.2, 0) is 12.5 Å². The Bertz CT molecular complexity index is 1600. The smallest absolute Gasteiger partial charge is 0.144 e. The molecule has 0 aliphatic carbocycles. The van der Waals surface area contributed by atoms with Crippen LogP contribution in [0.4, 0.5) is 0 Å². The second kappa shape index (κ2) is 9.00. The van der Waals surface area contributed by atoms with Gasteiger partial charge in [0.2, 0.25) is 0 Å². The number of aromatic hydroxyl groups is 1. The number of aromatic nitrogens is 3. The molecule has 0 spiro atoms. The topological polar surface area (TPSA) is 50.9 Å². The number of para-hydroxylation sites is 2. The van der Waals surface area contributed by atoms with Crippen LogP contribution < -0.4 is 5.19 Å². The first-order chi connectivity index (χ1) is 17.4. The summed E-state index contributed by atoms with van der Waals surface area (Å²) in [5.41, 5.74) is 8.18. The monoisotopic (exact) mass is 505 g/mol. The Labute approximate surface area is 220 Å². The summed E-state index contributed by atoms with van der Waals surface area (Å²) in [6, 6.07) is 24.9. The minimum absolute atomic E-state index is 0.0258. The summed E-state index contributed by atoms with van der Waals surface area (Å²) in [5, 5.41) is 11.9. The highest BCUT2D eigenvalue weighted by Crippen LogP contribution is 2.37. The van der Waals surface area contributed by atoms with E-state index in [9.17, 15) is 5.11 Å². The normalized spacial score (nSPS) is 12.3. The van der Waals surface area contributed by atoms with Gasteiger partial charge in [0.15, 0.2) is 0 Å². The molecule has 2 aromatic heterocycles. The molecule has 0 amide bonds. The van der Waals surface area contributed by atoms with Crippen molar-refractivity contribution in [2.45, 2.75) is 45.8 Å². The van der Waals surface area contributed by atoms with E-state index in [1.807, 2.05) is 25.2 Å². The van der Waals surface area contributed by atoms with Crippen LogP contribution in [0, 0.1) is 0 Å². The summed E-state index contributed by atoms with van der Waals surface area (Å²) < 4.78 is 2.05. The van der Waals surface area contributed by atoms with E-state index in [4.69, 9.17) is 9.97 Å². The zero-order valence-corrected chi connectivity index (χ0v) is 23.8. The first-order valence-electron chi connectivity index (χ1n) is 12.8. The molecule has 1 N–H and O–H groups in total. The predicted octanol–water partition coefficient (Wildman–Crippen LogP) is 7.52. The Morgan fingerprint density at radius 3 is 2.16 bits per heavy atom. The van der Waals surface area contributed by atoms with Crippen molar-refractivity contribution < 1.29 is 5.11 Å². The van der Waals surface area contributed by atoms with E-state index in [1.54, 1.807) is 6.07 Å². The lowest BCUT2D eigenvalue weighted by atomic mass is 9.83. The number of hydrogen-bond acceptors (Lipinski definition) is 3. The molecule has 2 heterocycles. The third-order valence-electron chi connectivity index (χ3n) is 7.09. The number of pyridine rings is 1. The Morgan fingerprint density at radius 1 is 0.811 bits per heavy atom. The highest BCUT2D eigenvalue weighted by Gasteiger charge is 2.21. The number of phenols is 1. The Hall–Kier alpha value is -3.70. The van der Waals surface area contributed by atoms with Crippen molar-refractivity contribution in [3.05, 3.63) is 84.6 Å². The van der Waals surface area contributed by atoms with Gasteiger partial charge < -0.3 is 9.67 Å². The Kier molecular flexibility index (Phi) is 6.07. The average molecular weight is 506 g/mol. The van der Waals surface area contributed by atoms with Gasteiger partial charge in [-0.2, -0.15) is 0 Å². The van der Waals surface area contributed by atoms with Gasteiger partial charge in [-0.25, -0.2) is 4.98 Å². The summed E-state index contributed by atoms with van der Waals surface area (Å²) in [6.07, 6.45) is 2.06. The molecule has 5 heteroatoms. The van der Waals surface area contributed by atoms with Gasteiger partial charge in [0.25, 0.3) is 0 Å². The van der Waals surface area contributed by atoms with E-state index in [-0.39, 0.29) is 11.2 Å². The van der Waals surface area contributed by atoms with Crippen LogP contribution in [0.5, 0.6) is 5.75 Å². The van der Waals surface area contributed by atoms with Crippen molar-refractivity contribution in [1.29, 1.82) is 0 Å². The molecule has 0 saturated carbocycles. The van der Waals surface area contributed by atoms with Crippen molar-refractivity contribution in [3.63, 3.8) is 0 Å². The Morgan fingerprint density at radius 2 is 1.51 bits per heavy atom. The van der Waals surface area contributed by atoms with Crippen molar-refractivity contribution in [2.75, 3.05) is 0 Å². The number of imidazole rings is 1. The maximum Gasteiger partial charge on any atom is 0.144 e. The third-order valence-corrected chi connectivity index (χ3v) is 9.12. The molecule has 0 unspecified atom stereocenters. The maximum atomic E-state index is 10.5. The third kappa shape index (κ3) is 4.71. The average Bonchev–Trinajstić information content (AvgIpc) is 3.19. The summed E-state index contributed by atoms with van der Waals surface area (Å²) in [5.74, 6) is 0.976. The molecule has 0 bridgehead atoms. The standard InChI is InChI=1S/C32H35N3OSi/c1-32(2,3)23-18-21(17-22(19-23)27-16-15-24(20-33-27)37(5,6)7)25-12-10-13-28-30(25)34-31(35(28)4)26-11-8-9-14-29(26)36/h8-20,36H,1-7H3. The molecule has 3 aromatic carbocycles. The molecular formula is C32H35N3OSi. The number of benzene rings is 3. The summed E-state index contributed by atoms with van der Waals surface area (Å²) >= 11 is 0. The summed E-state index contributed by atoms with van der Waals surface area (Å²) in [6.45, 7) is 13.8. The van der Waals surface area contributed by atoms with E-state index in [0.29, 0.717) is 0 Å². The van der Waals surface area contributed by atoms with Gasteiger partial charge >= 0.3 is 0 Å². The van der Waals surface area contributed by atoms with Crippen LogP contribution in [0.1, 0.15) is 26.3 Å². The molecule has 4 nitrogen and oxygen atoms in total. The first kappa shape index (κ1) is 25.0. The number of hydrogen-bond donors (Lipinski definition) is 1. The lowest BCUT2D eigenvalue weighted by molar-refractivity contribution is 0.476. The second-order valence-electron chi connectivity index (χ2n) is 11.9. The lowest BCUT2D eigenvalue weighted by Gasteiger charge is -2.22. The molecule has 188 valence electrons. The largest absolute Gasteiger partial charge is 0.507 e. The van der Waals surface area contributed by atoms with Crippen molar-refractivity contribution in [3.8, 4) is 39.5 Å². The van der Waals surface area contributed by atoms with Crippen LogP contribution in [0.2, 0.25) is 19.6 Å². The fourth-order valence-corrected chi connectivity index (χ4v) is 5.76. The predicted molar refractivity (Wildman–Crippen MR) is 158 cm³/mol. The SMILES string of the molecule is Cn1c(-c2ccccc2O)nc2c(-c3cc(-c4ccc([Si](C)(C)C)cn4)cc(C(C)(C)C)c3)cccc21. The fourth-order valence-electron chi connectivity index (χ4n) is 4.72. The van der Waals surface area contributed by atoms with E-state index in [0.717, 1.165) is 44.8 Å². The van der Waals surface area contributed by atoms with Gasteiger partial charge in [-0.15, -0.1) is 0 Å². The maximum absolute atomic E-state index is 10.5. The molecule has 0 fully saturated rings. The number of nitrogens with zero attached hydrogens (tertiary/aromatic N) is 3. The highest BCUT2D eigenvalue weighted by atomic mass is 28.3. The first-order valence-corrected chi connectivity index (χ1v) is 16.3. The van der Waals surface area contributed by atoms with Gasteiger partial charge in [-0.05, 0) is 58.1 Å². The van der Waals surface area contributed by atoms with Gasteiger partial charge in [-0.1, -0.05) is 76.8 Å². The van der Waals surface area contributed by atoms with Gasteiger partial charge in [-0.3, -0.25) is 4.98 Å². The lowest BCUT2D eigenvalue weighted by Crippen LogP contribution is -2.37. The van der Waals surface area contributed by atoms with Crippen LogP contribution >= 0.6 is 0 Å². The molecule has 0 aliphatic rings. The number of phenolic OH excluding ortho intramolecular Hbond substituents is 1. The quantitative estimate of drug-likeness (QED) is 0.257. The Balaban J connectivity index is 1.71. The van der Waals surface area contributed by atoms with E-state index >= 15 is 0 Å². The van der Waals surface area contributed by atoms with E-state index < -0.39 is 8.07 Å². The molecule has 0 aliphatic heterocycles. The molecule has 5 aromatic rings. The fraction of sp³-hybridized carbons (Fsp3) is 0.250. The van der Waals surface area contributed by atoms with E-state index in [1.165, 1.54) is 10.8 Å². The summed E-state index contributed by atoms with van der Waals surface area (Å²) in [4.78, 5) is 9.93. The molecule has 0 radical (unpaired) electrons. The van der Waals surface area contributed by atoms with Gasteiger partial charge in [0, 0.05) is 24.4 Å². The van der Waals surface area contributed by atoms with Crippen LogP contribution in [0.15, 0.2) is 79.0 Å². The molecular weight excluding hydrogens is 470 g/mol. The minimum atomic E-state index is -1.42. The van der Waals surface area contributed by atoms with Crippen LogP contribution in [-0.4, -0.2) is 27.7 Å². The zero-order valence-electron chi connectivity index (χ0n) is 22.8. The van der Waals surface area contributed by atoms with E-state index in [2.05, 4.69) is 99.7 Å². The number of fused-ring (bicyclic) bond motifs is 1. The van der Waals surface area contributed by atoms with Gasteiger partial charge in [0.1, 0.15) is 11.6 Å². The molecule has 37 heavy (non-hydrogen) atoms. The van der Waals surface area contributed by atoms with Crippen molar-refractivity contribution >= 4 is 24.3 Å². The van der Waals surface area contributed by atoms with Crippen molar-refractivity contribution in [1.82, 2.24) is 14.5 Å².